The normalized spacial score (nSPS) is 17.4. The van der Waals surface area contributed by atoms with E-state index >= 15 is 0 Å². The third-order valence-electron chi connectivity index (χ3n) is 3.78. The molecule has 0 spiro atoms. The number of hydrogen-bond donors (Lipinski definition) is 1. The highest BCUT2D eigenvalue weighted by Crippen LogP contribution is 2.20. The van der Waals surface area contributed by atoms with Crippen LogP contribution in [0, 0.1) is 11.7 Å². The van der Waals surface area contributed by atoms with E-state index in [9.17, 15) is 9.18 Å². The molecule has 0 saturated carbocycles. The number of halogens is 1. The summed E-state index contributed by atoms with van der Waals surface area (Å²) in [7, 11) is 2.07. The Balaban J connectivity index is 1.98. The van der Waals surface area contributed by atoms with E-state index in [1.807, 2.05) is 6.92 Å². The highest BCUT2D eigenvalue weighted by atomic mass is 19.1. The lowest BCUT2D eigenvalue weighted by Crippen LogP contribution is -2.35. The molecule has 3 nitrogen and oxygen atoms in total. The van der Waals surface area contributed by atoms with Crippen molar-refractivity contribution < 1.29 is 9.18 Å². The number of rotatable bonds is 3. The number of carbonyl (C=O) groups excluding carboxylic acids is 1. The van der Waals surface area contributed by atoms with Crippen molar-refractivity contribution >= 4 is 11.6 Å². The van der Waals surface area contributed by atoms with Crippen molar-refractivity contribution in [1.29, 1.82) is 0 Å². The van der Waals surface area contributed by atoms with Gasteiger partial charge in [-0.2, -0.15) is 0 Å². The highest BCUT2D eigenvalue weighted by Gasteiger charge is 2.23. The zero-order chi connectivity index (χ0) is 13.8. The lowest BCUT2D eigenvalue weighted by Gasteiger charge is -2.28. The second-order valence-electron chi connectivity index (χ2n) is 5.23. The number of carbonyl (C=O) groups is 1. The molecule has 0 radical (unpaired) electrons. The van der Waals surface area contributed by atoms with Gasteiger partial charge >= 0.3 is 0 Å². The van der Waals surface area contributed by atoms with Crippen molar-refractivity contribution in [3.63, 3.8) is 0 Å². The molecule has 0 aromatic heterocycles. The minimum absolute atomic E-state index is 0.0572. The average Bonchev–Trinajstić information content (AvgIpc) is 2.41. The lowest BCUT2D eigenvalue weighted by molar-refractivity contribution is -0.121. The fourth-order valence-corrected chi connectivity index (χ4v) is 2.44. The first-order valence-corrected chi connectivity index (χ1v) is 6.88. The summed E-state index contributed by atoms with van der Waals surface area (Å²) in [6, 6.07) is 4.77. The summed E-state index contributed by atoms with van der Waals surface area (Å²) in [6.07, 6.45) is 2.41. The van der Waals surface area contributed by atoms with E-state index in [1.54, 1.807) is 12.1 Å². The molecule has 1 N–H and O–H groups in total. The molecule has 1 aromatic rings. The number of nitrogens with zero attached hydrogens (tertiary/aromatic N) is 1. The maximum atomic E-state index is 13.4. The topological polar surface area (TPSA) is 32.3 Å². The minimum Gasteiger partial charge on any atom is -0.326 e. The fourth-order valence-electron chi connectivity index (χ4n) is 2.44. The molecule has 1 aliphatic heterocycles. The van der Waals surface area contributed by atoms with Gasteiger partial charge in [0.25, 0.3) is 0 Å². The molecule has 0 unspecified atom stereocenters. The van der Waals surface area contributed by atoms with Gasteiger partial charge in [-0.05, 0) is 63.2 Å². The molecule has 1 aliphatic rings. The lowest BCUT2D eigenvalue weighted by atomic mass is 9.96. The third-order valence-corrected chi connectivity index (χ3v) is 3.78. The standard InChI is InChI=1S/C15H21FN2O/c1-3-11-10-13(4-5-14(11)16)17-15(19)12-6-8-18(2)9-7-12/h4-5,10,12H,3,6-9H2,1-2H3,(H,17,19). The number of nitrogens with one attached hydrogen (secondary N) is 1. The molecular formula is C15H21FN2O. The van der Waals surface area contributed by atoms with E-state index in [0.717, 1.165) is 25.9 Å². The molecule has 1 saturated heterocycles. The summed E-state index contributed by atoms with van der Waals surface area (Å²) in [5.41, 5.74) is 1.34. The van der Waals surface area contributed by atoms with Crippen LogP contribution in [0.3, 0.4) is 0 Å². The number of likely N-dealkylation sites (tertiary alicyclic amines) is 1. The van der Waals surface area contributed by atoms with Crippen LogP contribution in [0.1, 0.15) is 25.3 Å². The molecule has 0 aliphatic carbocycles. The zero-order valence-corrected chi connectivity index (χ0v) is 11.6. The van der Waals surface area contributed by atoms with Gasteiger partial charge in [0.2, 0.25) is 5.91 Å². The third kappa shape index (κ3) is 3.53. The predicted molar refractivity (Wildman–Crippen MR) is 74.6 cm³/mol. The first-order chi connectivity index (χ1) is 9.10. The molecule has 19 heavy (non-hydrogen) atoms. The van der Waals surface area contributed by atoms with Crippen LogP contribution in [0.2, 0.25) is 0 Å². The second-order valence-corrected chi connectivity index (χ2v) is 5.23. The van der Waals surface area contributed by atoms with E-state index in [0.29, 0.717) is 17.7 Å². The van der Waals surface area contributed by atoms with Gasteiger partial charge < -0.3 is 10.2 Å². The fraction of sp³-hybridized carbons (Fsp3) is 0.533. The maximum absolute atomic E-state index is 13.4. The quantitative estimate of drug-likeness (QED) is 0.910. The predicted octanol–water partition coefficient (Wildman–Crippen LogP) is 2.67. The van der Waals surface area contributed by atoms with Crippen molar-refractivity contribution in [2.75, 3.05) is 25.5 Å². The van der Waals surface area contributed by atoms with Crippen molar-refractivity contribution in [1.82, 2.24) is 4.90 Å². The Hall–Kier alpha value is -1.42. The second kappa shape index (κ2) is 6.15. The van der Waals surface area contributed by atoms with E-state index in [1.165, 1.54) is 6.07 Å². The van der Waals surface area contributed by atoms with Crippen LogP contribution in [0.5, 0.6) is 0 Å². The summed E-state index contributed by atoms with van der Waals surface area (Å²) in [4.78, 5) is 14.4. The Morgan fingerprint density at radius 1 is 1.42 bits per heavy atom. The summed E-state index contributed by atoms with van der Waals surface area (Å²) < 4.78 is 13.4. The van der Waals surface area contributed by atoms with Crippen molar-refractivity contribution in [3.05, 3.63) is 29.6 Å². The Bertz CT molecular complexity index is 453. The average molecular weight is 264 g/mol. The Labute approximate surface area is 113 Å². The van der Waals surface area contributed by atoms with Crippen molar-refractivity contribution in [3.8, 4) is 0 Å². The Morgan fingerprint density at radius 2 is 2.11 bits per heavy atom. The maximum Gasteiger partial charge on any atom is 0.227 e. The number of aryl methyl sites for hydroxylation is 1. The van der Waals surface area contributed by atoms with Gasteiger partial charge in [-0.15, -0.1) is 0 Å². The van der Waals surface area contributed by atoms with Crippen LogP contribution in [-0.4, -0.2) is 30.9 Å². The van der Waals surface area contributed by atoms with Gasteiger partial charge in [-0.25, -0.2) is 4.39 Å². The Kier molecular flexibility index (Phi) is 4.53. The van der Waals surface area contributed by atoms with Crippen LogP contribution in [0.15, 0.2) is 18.2 Å². The summed E-state index contributed by atoms with van der Waals surface area (Å²) >= 11 is 0. The van der Waals surface area contributed by atoms with E-state index < -0.39 is 0 Å². The SMILES string of the molecule is CCc1cc(NC(=O)C2CCN(C)CC2)ccc1F. The molecule has 2 rings (SSSR count). The van der Waals surface area contributed by atoms with Gasteiger partial charge in [-0.1, -0.05) is 6.92 Å². The van der Waals surface area contributed by atoms with Crippen molar-refractivity contribution in [2.24, 2.45) is 5.92 Å². The molecule has 1 fully saturated rings. The first-order valence-electron chi connectivity index (χ1n) is 6.88. The van der Waals surface area contributed by atoms with Crippen LogP contribution >= 0.6 is 0 Å². The Morgan fingerprint density at radius 3 is 2.74 bits per heavy atom. The number of amides is 1. The molecule has 1 aromatic carbocycles. The van der Waals surface area contributed by atoms with Gasteiger partial charge in [0.1, 0.15) is 5.82 Å². The van der Waals surface area contributed by atoms with Gasteiger partial charge in [0.15, 0.2) is 0 Å². The number of benzene rings is 1. The summed E-state index contributed by atoms with van der Waals surface area (Å²) in [5.74, 6) is -0.0760. The van der Waals surface area contributed by atoms with Crippen molar-refractivity contribution in [2.45, 2.75) is 26.2 Å². The molecule has 0 bridgehead atoms. The minimum atomic E-state index is -0.209. The largest absolute Gasteiger partial charge is 0.326 e. The molecule has 0 atom stereocenters. The van der Waals surface area contributed by atoms with Crippen LogP contribution in [0.25, 0.3) is 0 Å². The zero-order valence-electron chi connectivity index (χ0n) is 11.6. The smallest absolute Gasteiger partial charge is 0.227 e. The number of anilines is 1. The summed E-state index contributed by atoms with van der Waals surface area (Å²) in [5, 5.41) is 2.90. The van der Waals surface area contributed by atoms with E-state index in [-0.39, 0.29) is 17.6 Å². The molecule has 1 amide bonds. The summed E-state index contributed by atoms with van der Waals surface area (Å²) in [6.45, 7) is 3.82. The molecule has 4 heteroatoms. The van der Waals surface area contributed by atoms with E-state index in [4.69, 9.17) is 0 Å². The highest BCUT2D eigenvalue weighted by molar-refractivity contribution is 5.92. The molecule has 1 heterocycles. The van der Waals surface area contributed by atoms with Gasteiger partial charge in [-0.3, -0.25) is 4.79 Å². The van der Waals surface area contributed by atoms with Gasteiger partial charge in [0.05, 0.1) is 0 Å². The van der Waals surface area contributed by atoms with E-state index in [2.05, 4.69) is 17.3 Å². The number of hydrogen-bond acceptors (Lipinski definition) is 2. The number of piperidine rings is 1. The van der Waals surface area contributed by atoms with Crippen LogP contribution in [-0.2, 0) is 11.2 Å². The molecular weight excluding hydrogens is 243 g/mol. The first kappa shape index (κ1) is 14.0. The molecule has 104 valence electrons. The van der Waals surface area contributed by atoms with Gasteiger partial charge in [0, 0.05) is 11.6 Å². The monoisotopic (exact) mass is 264 g/mol. The van der Waals surface area contributed by atoms with Crippen LogP contribution < -0.4 is 5.32 Å². The van der Waals surface area contributed by atoms with Crippen LogP contribution in [0.4, 0.5) is 10.1 Å².